The molecule has 0 aliphatic carbocycles. The topological polar surface area (TPSA) is 85.8 Å². The van der Waals surface area contributed by atoms with Crippen molar-refractivity contribution in [2.75, 3.05) is 0 Å². The number of amides is 1. The van der Waals surface area contributed by atoms with Gasteiger partial charge in [0.15, 0.2) is 5.82 Å². The van der Waals surface area contributed by atoms with E-state index in [4.69, 9.17) is 4.42 Å². The predicted molar refractivity (Wildman–Crippen MR) is 91.9 cm³/mol. The highest BCUT2D eigenvalue weighted by Crippen LogP contribution is 2.19. The molecule has 0 unspecified atom stereocenters. The lowest BCUT2D eigenvalue weighted by atomic mass is 9.96. The molecule has 2 aromatic heterocycles. The highest BCUT2D eigenvalue weighted by Gasteiger charge is 2.22. The lowest BCUT2D eigenvalue weighted by Gasteiger charge is -2.17. The van der Waals surface area contributed by atoms with E-state index in [1.165, 1.54) is 0 Å². The van der Waals surface area contributed by atoms with Gasteiger partial charge in [-0.05, 0) is 40.3 Å². The van der Waals surface area contributed by atoms with Gasteiger partial charge in [0, 0.05) is 11.0 Å². The molecule has 1 aromatic carbocycles. The molecular formula is C18H21N5O2. The third-order valence-electron chi connectivity index (χ3n) is 3.73. The Balaban J connectivity index is 1.71. The molecule has 3 rings (SSSR count). The van der Waals surface area contributed by atoms with E-state index in [1.807, 2.05) is 24.3 Å². The van der Waals surface area contributed by atoms with Gasteiger partial charge in [0.25, 0.3) is 5.91 Å². The summed E-state index contributed by atoms with van der Waals surface area (Å²) in [5.41, 5.74) is 1.40. The van der Waals surface area contributed by atoms with E-state index in [-0.39, 0.29) is 11.3 Å². The van der Waals surface area contributed by atoms with Gasteiger partial charge in [-0.1, -0.05) is 32.9 Å². The standard InChI is InChI=1S/C18H21N5O2/c1-18(2,3)17-20-21-22-23(17)12-13-6-4-7-14(10-13)16(24)19-11-15-8-5-9-25-15/h4-10H,11-12H2,1-3H3,(H,19,24). The van der Waals surface area contributed by atoms with Crippen LogP contribution in [0.4, 0.5) is 0 Å². The van der Waals surface area contributed by atoms with Crippen molar-refractivity contribution in [2.45, 2.75) is 39.3 Å². The molecule has 7 heteroatoms. The number of rotatable bonds is 5. The number of nitrogens with zero attached hydrogens (tertiary/aromatic N) is 4. The minimum absolute atomic E-state index is 0.147. The van der Waals surface area contributed by atoms with Crippen LogP contribution in [0.3, 0.4) is 0 Å². The quantitative estimate of drug-likeness (QED) is 0.772. The first-order chi connectivity index (χ1) is 11.9. The van der Waals surface area contributed by atoms with Gasteiger partial charge in [0.1, 0.15) is 5.76 Å². The monoisotopic (exact) mass is 339 g/mol. The molecule has 0 aliphatic heterocycles. The molecule has 7 nitrogen and oxygen atoms in total. The molecule has 0 saturated carbocycles. The van der Waals surface area contributed by atoms with Gasteiger partial charge in [-0.2, -0.15) is 0 Å². The molecule has 0 radical (unpaired) electrons. The molecule has 0 fully saturated rings. The third-order valence-corrected chi connectivity index (χ3v) is 3.73. The second-order valence-electron chi connectivity index (χ2n) is 6.87. The Bertz CT molecular complexity index is 846. The molecule has 0 bridgehead atoms. The van der Waals surface area contributed by atoms with Crippen molar-refractivity contribution in [1.29, 1.82) is 0 Å². The van der Waals surface area contributed by atoms with Crippen molar-refractivity contribution in [2.24, 2.45) is 0 Å². The summed E-state index contributed by atoms with van der Waals surface area (Å²) in [6.07, 6.45) is 1.58. The minimum Gasteiger partial charge on any atom is -0.467 e. The average molecular weight is 339 g/mol. The lowest BCUT2D eigenvalue weighted by Crippen LogP contribution is -2.23. The van der Waals surface area contributed by atoms with E-state index in [0.29, 0.717) is 24.4 Å². The summed E-state index contributed by atoms with van der Waals surface area (Å²) < 4.78 is 6.98. The smallest absolute Gasteiger partial charge is 0.251 e. The van der Waals surface area contributed by atoms with Crippen LogP contribution in [0, 0.1) is 0 Å². The molecule has 1 N–H and O–H groups in total. The fourth-order valence-electron chi connectivity index (χ4n) is 2.51. The Labute approximate surface area is 146 Å². The summed E-state index contributed by atoms with van der Waals surface area (Å²) >= 11 is 0. The zero-order valence-electron chi connectivity index (χ0n) is 14.6. The van der Waals surface area contributed by atoms with Gasteiger partial charge in [-0.3, -0.25) is 4.79 Å². The summed E-state index contributed by atoms with van der Waals surface area (Å²) in [6.45, 7) is 7.06. The molecule has 0 atom stereocenters. The lowest BCUT2D eigenvalue weighted by molar-refractivity contribution is 0.0948. The number of carbonyl (C=O) groups excluding carboxylic acids is 1. The summed E-state index contributed by atoms with van der Waals surface area (Å²) in [6, 6.07) is 11.1. The highest BCUT2D eigenvalue weighted by molar-refractivity contribution is 5.94. The van der Waals surface area contributed by atoms with Crippen molar-refractivity contribution >= 4 is 5.91 Å². The Morgan fingerprint density at radius 2 is 2.08 bits per heavy atom. The Morgan fingerprint density at radius 1 is 1.24 bits per heavy atom. The van der Waals surface area contributed by atoms with Crippen LogP contribution in [0.15, 0.2) is 47.1 Å². The van der Waals surface area contributed by atoms with Gasteiger partial charge in [-0.25, -0.2) is 4.68 Å². The molecule has 0 aliphatic rings. The van der Waals surface area contributed by atoms with Gasteiger partial charge >= 0.3 is 0 Å². The molecule has 0 spiro atoms. The molecule has 1 amide bonds. The maximum Gasteiger partial charge on any atom is 0.251 e. The molecule has 130 valence electrons. The first kappa shape index (κ1) is 16.9. The van der Waals surface area contributed by atoms with Crippen LogP contribution in [0.2, 0.25) is 0 Å². The Hall–Kier alpha value is -2.96. The van der Waals surface area contributed by atoms with E-state index < -0.39 is 0 Å². The summed E-state index contributed by atoms with van der Waals surface area (Å²) in [4.78, 5) is 12.3. The molecule has 3 aromatic rings. The van der Waals surface area contributed by atoms with Crippen LogP contribution in [0.5, 0.6) is 0 Å². The first-order valence-electron chi connectivity index (χ1n) is 8.09. The van der Waals surface area contributed by atoms with E-state index in [1.54, 1.807) is 23.1 Å². The maximum absolute atomic E-state index is 12.3. The van der Waals surface area contributed by atoms with Crippen LogP contribution in [0.25, 0.3) is 0 Å². The van der Waals surface area contributed by atoms with Crippen LogP contribution in [-0.2, 0) is 18.5 Å². The normalized spacial score (nSPS) is 11.5. The number of hydrogen-bond donors (Lipinski definition) is 1. The van der Waals surface area contributed by atoms with Gasteiger partial charge in [0.2, 0.25) is 0 Å². The summed E-state index contributed by atoms with van der Waals surface area (Å²) in [5, 5.41) is 14.8. The molecule has 25 heavy (non-hydrogen) atoms. The van der Waals surface area contributed by atoms with Crippen molar-refractivity contribution in [3.63, 3.8) is 0 Å². The highest BCUT2D eigenvalue weighted by atomic mass is 16.3. The summed E-state index contributed by atoms with van der Waals surface area (Å²) in [5.74, 6) is 1.37. The average Bonchev–Trinajstić information content (AvgIpc) is 3.23. The second kappa shape index (κ2) is 6.88. The first-order valence-corrected chi connectivity index (χ1v) is 8.09. The number of aromatic nitrogens is 4. The number of hydrogen-bond acceptors (Lipinski definition) is 5. The fourth-order valence-corrected chi connectivity index (χ4v) is 2.51. The van der Waals surface area contributed by atoms with Gasteiger partial charge in [0.05, 0.1) is 19.4 Å². The number of furan rings is 1. The third kappa shape index (κ3) is 4.12. The molecular weight excluding hydrogens is 318 g/mol. The zero-order chi connectivity index (χ0) is 17.9. The largest absolute Gasteiger partial charge is 0.467 e. The van der Waals surface area contributed by atoms with E-state index in [9.17, 15) is 4.79 Å². The van der Waals surface area contributed by atoms with Gasteiger partial charge < -0.3 is 9.73 Å². The Morgan fingerprint density at radius 3 is 2.80 bits per heavy atom. The van der Waals surface area contributed by atoms with Crippen LogP contribution in [-0.4, -0.2) is 26.1 Å². The second-order valence-corrected chi connectivity index (χ2v) is 6.87. The van der Waals surface area contributed by atoms with Crippen LogP contribution < -0.4 is 5.32 Å². The van der Waals surface area contributed by atoms with E-state index >= 15 is 0 Å². The van der Waals surface area contributed by atoms with E-state index in [0.717, 1.165) is 11.4 Å². The SMILES string of the molecule is CC(C)(C)c1nnnn1Cc1cccc(C(=O)NCc2ccco2)c1. The fraction of sp³-hybridized carbons (Fsp3) is 0.333. The number of nitrogens with one attached hydrogen (secondary N) is 1. The number of carbonyl (C=O) groups is 1. The number of tetrazole rings is 1. The van der Waals surface area contributed by atoms with Crippen LogP contribution >= 0.6 is 0 Å². The van der Waals surface area contributed by atoms with Gasteiger partial charge in [-0.15, -0.1) is 5.10 Å². The van der Waals surface area contributed by atoms with Crippen molar-refractivity contribution in [3.8, 4) is 0 Å². The predicted octanol–water partition coefficient (Wildman–Crippen LogP) is 2.54. The van der Waals surface area contributed by atoms with E-state index in [2.05, 4.69) is 41.6 Å². The van der Waals surface area contributed by atoms with Crippen molar-refractivity contribution in [3.05, 3.63) is 65.4 Å². The van der Waals surface area contributed by atoms with Crippen molar-refractivity contribution in [1.82, 2.24) is 25.5 Å². The number of benzene rings is 1. The minimum atomic E-state index is -0.151. The molecule has 0 saturated heterocycles. The molecule has 2 heterocycles. The summed E-state index contributed by atoms with van der Waals surface area (Å²) in [7, 11) is 0. The van der Waals surface area contributed by atoms with Crippen molar-refractivity contribution < 1.29 is 9.21 Å². The maximum atomic E-state index is 12.3. The Kier molecular flexibility index (Phi) is 4.65. The van der Waals surface area contributed by atoms with Crippen LogP contribution in [0.1, 0.15) is 48.3 Å². The zero-order valence-corrected chi connectivity index (χ0v) is 14.6.